The highest BCUT2D eigenvalue weighted by atomic mass is 127. The van der Waals surface area contributed by atoms with E-state index in [9.17, 15) is 9.90 Å². The first-order chi connectivity index (χ1) is 14.4. The molecule has 9 heteroatoms. The Hall–Kier alpha value is -2.14. The summed E-state index contributed by atoms with van der Waals surface area (Å²) in [7, 11) is 1.83. The van der Waals surface area contributed by atoms with E-state index in [4.69, 9.17) is 0 Å². The van der Waals surface area contributed by atoms with Crippen molar-refractivity contribution in [3.63, 3.8) is 0 Å². The Morgan fingerprint density at radius 1 is 1.32 bits per heavy atom. The summed E-state index contributed by atoms with van der Waals surface area (Å²) in [6.07, 6.45) is 5.08. The number of aryl methyl sites for hydroxylation is 1. The van der Waals surface area contributed by atoms with Crippen LogP contribution in [0.4, 0.5) is 0 Å². The van der Waals surface area contributed by atoms with Gasteiger partial charge in [-0.05, 0) is 31.4 Å². The normalized spacial score (nSPS) is 16.1. The predicted octanol–water partition coefficient (Wildman–Crippen LogP) is 2.12. The molecule has 0 aliphatic carbocycles. The fourth-order valence-electron chi connectivity index (χ4n) is 3.49. The summed E-state index contributed by atoms with van der Waals surface area (Å²) in [5, 5.41) is 21.3. The van der Waals surface area contributed by atoms with E-state index in [1.807, 2.05) is 43.3 Å². The summed E-state index contributed by atoms with van der Waals surface area (Å²) < 4.78 is 1.67. The third kappa shape index (κ3) is 7.20. The lowest BCUT2D eigenvalue weighted by Crippen LogP contribution is -2.44. The Labute approximate surface area is 201 Å². The molecule has 0 saturated carbocycles. The van der Waals surface area contributed by atoms with Crippen molar-refractivity contribution < 1.29 is 9.90 Å². The molecule has 1 aliphatic heterocycles. The molecule has 1 amide bonds. The van der Waals surface area contributed by atoms with Crippen molar-refractivity contribution in [2.24, 2.45) is 12.0 Å². The number of benzene rings is 1. The molecule has 8 nitrogen and oxygen atoms in total. The molecular weight excluding hydrogens is 507 g/mol. The van der Waals surface area contributed by atoms with Gasteiger partial charge in [-0.25, -0.2) is 4.99 Å². The van der Waals surface area contributed by atoms with Gasteiger partial charge in [-0.15, -0.1) is 24.0 Å². The fraction of sp³-hybridized carbons (Fsp3) is 0.500. The number of aliphatic hydroxyl groups is 1. The first-order valence-electron chi connectivity index (χ1n) is 10.5. The smallest absolute Gasteiger partial charge is 0.222 e. The number of guanidine groups is 1. The summed E-state index contributed by atoms with van der Waals surface area (Å²) in [6.45, 7) is 6.79. The molecule has 2 heterocycles. The number of nitrogens with one attached hydrogen (secondary N) is 2. The first-order valence-corrected chi connectivity index (χ1v) is 10.5. The van der Waals surface area contributed by atoms with E-state index < -0.39 is 5.60 Å². The van der Waals surface area contributed by atoms with Gasteiger partial charge in [-0.3, -0.25) is 9.48 Å². The minimum absolute atomic E-state index is 0. The molecule has 3 N–H and O–H groups in total. The Morgan fingerprint density at radius 3 is 2.74 bits per heavy atom. The molecule has 3 rings (SSSR count). The number of carbonyl (C=O) groups is 1. The molecule has 1 saturated heterocycles. The molecule has 1 atom stereocenters. The topological polar surface area (TPSA) is 94.8 Å². The summed E-state index contributed by atoms with van der Waals surface area (Å²) in [5.74, 6) is 0.875. The van der Waals surface area contributed by atoms with Crippen molar-refractivity contribution in [1.29, 1.82) is 0 Å². The van der Waals surface area contributed by atoms with Crippen LogP contribution in [0.25, 0.3) is 0 Å². The van der Waals surface area contributed by atoms with Crippen LogP contribution < -0.4 is 10.6 Å². The second-order valence-electron chi connectivity index (χ2n) is 7.96. The maximum absolute atomic E-state index is 11.9. The summed E-state index contributed by atoms with van der Waals surface area (Å²) in [4.78, 5) is 18.4. The summed E-state index contributed by atoms with van der Waals surface area (Å²) in [5.41, 5.74) is 1.88. The molecule has 1 aliphatic rings. The van der Waals surface area contributed by atoms with E-state index in [2.05, 4.69) is 26.8 Å². The van der Waals surface area contributed by atoms with Gasteiger partial charge in [-0.2, -0.15) is 5.10 Å². The van der Waals surface area contributed by atoms with E-state index in [0.717, 1.165) is 36.2 Å². The second kappa shape index (κ2) is 11.5. The number of hydrogen-bond acceptors (Lipinski definition) is 4. The lowest BCUT2D eigenvalue weighted by molar-refractivity contribution is -0.128. The van der Waals surface area contributed by atoms with Crippen molar-refractivity contribution in [3.05, 3.63) is 53.3 Å². The third-order valence-corrected chi connectivity index (χ3v) is 5.23. The van der Waals surface area contributed by atoms with Crippen LogP contribution in [0.2, 0.25) is 0 Å². The van der Waals surface area contributed by atoms with Gasteiger partial charge in [0, 0.05) is 44.9 Å². The maximum atomic E-state index is 11.9. The molecule has 170 valence electrons. The molecule has 31 heavy (non-hydrogen) atoms. The third-order valence-electron chi connectivity index (χ3n) is 5.23. The van der Waals surface area contributed by atoms with Crippen molar-refractivity contribution in [2.45, 2.75) is 45.4 Å². The fourth-order valence-corrected chi connectivity index (χ4v) is 3.49. The average molecular weight is 540 g/mol. The highest BCUT2D eigenvalue weighted by Gasteiger charge is 2.25. The Bertz CT molecular complexity index is 896. The lowest BCUT2D eigenvalue weighted by atomic mass is 10.00. The Morgan fingerprint density at radius 2 is 2.10 bits per heavy atom. The Kier molecular flexibility index (Phi) is 9.30. The number of carbonyl (C=O) groups excluding carboxylic acids is 1. The van der Waals surface area contributed by atoms with Crippen molar-refractivity contribution >= 4 is 35.8 Å². The van der Waals surface area contributed by atoms with Gasteiger partial charge in [0.05, 0.1) is 19.3 Å². The Balaban J connectivity index is 0.00000341. The van der Waals surface area contributed by atoms with Crippen LogP contribution in [0.1, 0.15) is 43.4 Å². The number of rotatable bonds is 8. The molecule has 1 unspecified atom stereocenters. The van der Waals surface area contributed by atoms with Crippen LogP contribution in [0.15, 0.2) is 41.7 Å². The monoisotopic (exact) mass is 540 g/mol. The minimum atomic E-state index is -1.06. The summed E-state index contributed by atoms with van der Waals surface area (Å²) >= 11 is 0. The van der Waals surface area contributed by atoms with E-state index in [0.29, 0.717) is 32.0 Å². The number of likely N-dealkylation sites (tertiary alicyclic amines) is 1. The predicted molar refractivity (Wildman–Crippen MR) is 132 cm³/mol. The van der Waals surface area contributed by atoms with E-state index in [1.165, 1.54) is 0 Å². The first kappa shape index (κ1) is 25.1. The van der Waals surface area contributed by atoms with Gasteiger partial charge in [0.1, 0.15) is 5.60 Å². The molecule has 0 radical (unpaired) electrons. The van der Waals surface area contributed by atoms with Gasteiger partial charge < -0.3 is 20.6 Å². The molecule has 2 aromatic rings. The van der Waals surface area contributed by atoms with Crippen LogP contribution in [0.3, 0.4) is 0 Å². The minimum Gasteiger partial charge on any atom is -0.383 e. The summed E-state index contributed by atoms with van der Waals surface area (Å²) in [6, 6.07) is 8.19. The number of hydrogen-bond donors (Lipinski definition) is 3. The number of aromatic nitrogens is 2. The molecule has 0 bridgehead atoms. The largest absolute Gasteiger partial charge is 0.383 e. The van der Waals surface area contributed by atoms with E-state index >= 15 is 0 Å². The maximum Gasteiger partial charge on any atom is 0.222 e. The van der Waals surface area contributed by atoms with Crippen molar-refractivity contribution in [3.8, 4) is 0 Å². The van der Waals surface area contributed by atoms with E-state index in [-0.39, 0.29) is 29.9 Å². The van der Waals surface area contributed by atoms with Gasteiger partial charge in [0.25, 0.3) is 0 Å². The highest BCUT2D eigenvalue weighted by Crippen LogP contribution is 2.18. The zero-order chi connectivity index (χ0) is 21.6. The molecule has 1 aromatic heterocycles. The van der Waals surface area contributed by atoms with Crippen molar-refractivity contribution in [1.82, 2.24) is 25.3 Å². The van der Waals surface area contributed by atoms with Crippen LogP contribution >= 0.6 is 24.0 Å². The lowest BCUT2D eigenvalue weighted by Gasteiger charge is -2.23. The quantitative estimate of drug-likeness (QED) is 0.271. The number of aliphatic imine (C=N–C) groups is 1. The van der Waals surface area contributed by atoms with Crippen LogP contribution in [-0.4, -0.2) is 51.3 Å². The van der Waals surface area contributed by atoms with Crippen molar-refractivity contribution in [2.75, 3.05) is 19.6 Å². The molecule has 1 fully saturated rings. The standard InChI is InChI=1S/C22H32N6O2.HI/c1-4-23-21(25-16-22(2,30)19-13-26-27(3)15-19)24-12-17-7-5-8-18(11-17)14-28-10-6-9-20(28)29;/h5,7-8,11,13,15,30H,4,6,9-10,12,14,16H2,1-3H3,(H2,23,24,25);1H. The van der Waals surface area contributed by atoms with Gasteiger partial charge >= 0.3 is 0 Å². The zero-order valence-corrected chi connectivity index (χ0v) is 20.8. The number of amides is 1. The highest BCUT2D eigenvalue weighted by molar-refractivity contribution is 14.0. The van der Waals surface area contributed by atoms with Gasteiger partial charge in [0.15, 0.2) is 5.96 Å². The molecule has 1 aromatic carbocycles. The number of halogens is 1. The van der Waals surface area contributed by atoms with Crippen LogP contribution in [-0.2, 0) is 30.5 Å². The SMILES string of the molecule is CCNC(=NCc1cccc(CN2CCCC2=O)c1)NCC(C)(O)c1cnn(C)c1.I. The van der Waals surface area contributed by atoms with Gasteiger partial charge in [0.2, 0.25) is 5.91 Å². The van der Waals surface area contributed by atoms with E-state index in [1.54, 1.807) is 17.8 Å². The zero-order valence-electron chi connectivity index (χ0n) is 18.5. The molecular formula is C22H33IN6O2. The van der Waals surface area contributed by atoms with Crippen LogP contribution in [0.5, 0.6) is 0 Å². The number of nitrogens with zero attached hydrogens (tertiary/aromatic N) is 4. The molecule has 0 spiro atoms. The average Bonchev–Trinajstić information content (AvgIpc) is 3.33. The van der Waals surface area contributed by atoms with Crippen LogP contribution in [0, 0.1) is 0 Å². The second-order valence-corrected chi connectivity index (χ2v) is 7.96. The van der Waals surface area contributed by atoms with Gasteiger partial charge in [-0.1, -0.05) is 24.3 Å².